The molecule has 47 heavy (non-hydrogen) atoms. The average Bonchev–Trinajstić information content (AvgIpc) is 3.48. The summed E-state index contributed by atoms with van der Waals surface area (Å²) in [5.74, 6) is -1.57. The molecule has 2 heterocycles. The molecule has 0 aromatic heterocycles. The van der Waals surface area contributed by atoms with Gasteiger partial charge < -0.3 is 30.5 Å². The van der Waals surface area contributed by atoms with Crippen LogP contribution >= 0.6 is 0 Å². The number of nitrogens with zero attached hydrogens (tertiary/aromatic N) is 2. The number of carbonyl (C=O) groups is 5. The first-order chi connectivity index (χ1) is 22.7. The van der Waals surface area contributed by atoms with Crippen molar-refractivity contribution in [3.05, 3.63) is 101 Å². The molecule has 0 aliphatic carbocycles. The van der Waals surface area contributed by atoms with Crippen molar-refractivity contribution in [3.63, 3.8) is 0 Å². The number of para-hydroxylation sites is 1. The van der Waals surface area contributed by atoms with Crippen molar-refractivity contribution in [1.82, 2.24) is 25.8 Å². The third-order valence-electron chi connectivity index (χ3n) is 8.53. The van der Waals surface area contributed by atoms with Gasteiger partial charge in [-0.1, -0.05) is 66.7 Å². The number of fused-ring (bicyclic) bond motifs is 1. The first-order valence-corrected chi connectivity index (χ1v) is 15.9. The summed E-state index contributed by atoms with van der Waals surface area (Å²) in [5.41, 5.74) is 2.97. The first kappa shape index (κ1) is 33.2. The van der Waals surface area contributed by atoms with Crippen LogP contribution in [0.15, 0.2) is 78.9 Å². The number of hydrogen-bond donors (Lipinski definition) is 3. The predicted octanol–water partition coefficient (Wildman–Crippen LogP) is 2.58. The molecule has 11 heteroatoms. The molecule has 11 nitrogen and oxygen atoms in total. The Bertz CT molecular complexity index is 1610. The largest absolute Gasteiger partial charge is 0.491 e. The number of hydrogen-bond acceptors (Lipinski definition) is 6. The fraction of sp³-hybridized carbons (Fsp3) is 0.361. The van der Waals surface area contributed by atoms with Gasteiger partial charge in [0.15, 0.2) is 0 Å². The van der Waals surface area contributed by atoms with Crippen LogP contribution in [-0.2, 0) is 38.7 Å². The molecule has 3 N–H and O–H groups in total. The van der Waals surface area contributed by atoms with E-state index in [2.05, 4.69) is 16.0 Å². The maximum atomic E-state index is 13.6. The Morgan fingerprint density at radius 2 is 1.64 bits per heavy atom. The van der Waals surface area contributed by atoms with E-state index in [0.717, 1.165) is 29.7 Å². The summed E-state index contributed by atoms with van der Waals surface area (Å²) < 4.78 is 6.16. The van der Waals surface area contributed by atoms with E-state index >= 15 is 0 Å². The predicted molar refractivity (Wildman–Crippen MR) is 175 cm³/mol. The number of likely N-dealkylation sites (tertiary alicyclic amines) is 1. The second-order valence-electron chi connectivity index (χ2n) is 12.1. The lowest BCUT2D eigenvalue weighted by molar-refractivity contribution is -0.137. The lowest BCUT2D eigenvalue weighted by Crippen LogP contribution is -2.53. The molecule has 3 aromatic carbocycles. The lowest BCUT2D eigenvalue weighted by atomic mass is 10.0. The van der Waals surface area contributed by atoms with Crippen LogP contribution in [0.5, 0.6) is 5.75 Å². The zero-order valence-electron chi connectivity index (χ0n) is 26.7. The molecule has 2 aliphatic rings. The summed E-state index contributed by atoms with van der Waals surface area (Å²) in [5, 5.41) is 8.25. The van der Waals surface area contributed by atoms with Crippen molar-refractivity contribution in [2.24, 2.45) is 0 Å². The number of amides is 5. The van der Waals surface area contributed by atoms with Gasteiger partial charge in [-0.3, -0.25) is 24.0 Å². The summed E-state index contributed by atoms with van der Waals surface area (Å²) in [6, 6.07) is 21.5. The van der Waals surface area contributed by atoms with Crippen molar-refractivity contribution in [2.75, 3.05) is 20.2 Å². The van der Waals surface area contributed by atoms with Crippen molar-refractivity contribution < 1.29 is 28.7 Å². The van der Waals surface area contributed by atoms with Crippen molar-refractivity contribution >= 4 is 29.5 Å². The maximum Gasteiger partial charge on any atom is 0.255 e. The molecule has 0 saturated carbocycles. The summed E-state index contributed by atoms with van der Waals surface area (Å²) in [7, 11) is 1.67. The van der Waals surface area contributed by atoms with E-state index < -0.39 is 35.8 Å². The quantitative estimate of drug-likeness (QED) is 0.364. The van der Waals surface area contributed by atoms with Crippen LogP contribution in [0.4, 0.5) is 0 Å². The molecule has 3 atom stereocenters. The molecule has 0 radical (unpaired) electrons. The molecular formula is C36H41N5O6. The monoisotopic (exact) mass is 639 g/mol. The summed E-state index contributed by atoms with van der Waals surface area (Å²) in [6.45, 7) is 3.06. The maximum absolute atomic E-state index is 13.6. The van der Waals surface area contributed by atoms with Crippen molar-refractivity contribution in [3.8, 4) is 5.75 Å². The Morgan fingerprint density at radius 3 is 2.40 bits per heavy atom. The second-order valence-corrected chi connectivity index (χ2v) is 12.1. The van der Waals surface area contributed by atoms with E-state index in [4.69, 9.17) is 4.74 Å². The molecule has 5 rings (SSSR count). The minimum absolute atomic E-state index is 0.0942. The highest BCUT2D eigenvalue weighted by molar-refractivity contribution is 6.01. The normalized spacial score (nSPS) is 20.9. The Morgan fingerprint density at radius 1 is 0.915 bits per heavy atom. The van der Waals surface area contributed by atoms with Gasteiger partial charge in [0.05, 0.1) is 18.0 Å². The van der Waals surface area contributed by atoms with Crippen molar-refractivity contribution in [2.45, 2.75) is 63.8 Å². The molecule has 1 saturated heterocycles. The van der Waals surface area contributed by atoms with E-state index in [9.17, 15) is 24.0 Å². The van der Waals surface area contributed by atoms with Gasteiger partial charge in [-0.2, -0.15) is 0 Å². The van der Waals surface area contributed by atoms with Crippen LogP contribution in [0.2, 0.25) is 0 Å². The van der Waals surface area contributed by atoms with Gasteiger partial charge >= 0.3 is 0 Å². The highest BCUT2D eigenvalue weighted by Gasteiger charge is 2.31. The van der Waals surface area contributed by atoms with Crippen LogP contribution < -0.4 is 20.7 Å². The van der Waals surface area contributed by atoms with Gasteiger partial charge in [-0.15, -0.1) is 0 Å². The second kappa shape index (κ2) is 15.4. The molecule has 3 aromatic rings. The first-order valence-electron chi connectivity index (χ1n) is 15.9. The minimum atomic E-state index is -1.23. The topological polar surface area (TPSA) is 137 Å². The fourth-order valence-electron chi connectivity index (χ4n) is 5.88. The summed E-state index contributed by atoms with van der Waals surface area (Å²) in [6.07, 6.45) is 1.53. The Balaban J connectivity index is 1.33. The van der Waals surface area contributed by atoms with Gasteiger partial charge in [0.2, 0.25) is 23.6 Å². The highest BCUT2D eigenvalue weighted by atomic mass is 16.5. The number of rotatable bonds is 7. The third-order valence-corrected chi connectivity index (χ3v) is 8.53. The molecule has 0 spiro atoms. The molecule has 1 fully saturated rings. The Kier molecular flexibility index (Phi) is 10.9. The van der Waals surface area contributed by atoms with Crippen LogP contribution in [-0.4, -0.2) is 77.7 Å². The smallest absolute Gasteiger partial charge is 0.255 e. The molecule has 5 amide bonds. The molecule has 2 aliphatic heterocycles. The molecule has 246 valence electrons. The SMILES string of the molecule is C[C@@H]1NC(=O)C[C@@H](C(=O)NCc2cccc(CN3CCCC3=O)c2)NC(=O)c2ccccc2OC[C@H](Cc2ccccc2)N(C)C1=O. The van der Waals surface area contributed by atoms with E-state index in [0.29, 0.717) is 25.1 Å². The Labute approximate surface area is 274 Å². The van der Waals surface area contributed by atoms with E-state index in [-0.39, 0.29) is 37.0 Å². The number of nitrogens with one attached hydrogen (secondary N) is 3. The number of benzene rings is 3. The van der Waals surface area contributed by atoms with Gasteiger partial charge in [-0.25, -0.2) is 0 Å². The van der Waals surface area contributed by atoms with Gasteiger partial charge in [0.25, 0.3) is 5.91 Å². The summed E-state index contributed by atoms with van der Waals surface area (Å²) >= 11 is 0. The highest BCUT2D eigenvalue weighted by Crippen LogP contribution is 2.21. The number of ether oxygens (including phenoxy) is 1. The fourth-order valence-corrected chi connectivity index (χ4v) is 5.88. The zero-order chi connectivity index (χ0) is 33.3. The van der Waals surface area contributed by atoms with Crippen LogP contribution in [0.1, 0.15) is 53.2 Å². The van der Waals surface area contributed by atoms with Crippen LogP contribution in [0.25, 0.3) is 0 Å². The van der Waals surface area contributed by atoms with Gasteiger partial charge in [0, 0.05) is 33.1 Å². The minimum Gasteiger partial charge on any atom is -0.491 e. The van der Waals surface area contributed by atoms with Crippen molar-refractivity contribution in [1.29, 1.82) is 0 Å². The number of carbonyl (C=O) groups excluding carboxylic acids is 5. The summed E-state index contributed by atoms with van der Waals surface area (Å²) in [4.78, 5) is 69.1. The van der Waals surface area contributed by atoms with Crippen LogP contribution in [0.3, 0.4) is 0 Å². The third kappa shape index (κ3) is 8.75. The Hall–Kier alpha value is -5.19. The molecular weight excluding hydrogens is 598 g/mol. The molecule has 0 unspecified atom stereocenters. The van der Waals surface area contributed by atoms with Gasteiger partial charge in [0.1, 0.15) is 24.4 Å². The standard InChI is InChI=1S/C36H41N5O6/c1-24-36(46)40(2)28(19-25-10-4-3-5-11-25)23-47-31-15-7-6-14-29(31)34(44)39-30(20-32(42)38-24)35(45)37-21-26-12-8-13-27(18-26)22-41-17-9-16-33(41)43/h3-8,10-15,18,24,28,30H,9,16-17,19-23H2,1-2H3,(H,37,45)(H,38,42)(H,39,44)/t24-,28-,30-/m0/s1. The molecule has 0 bridgehead atoms. The average molecular weight is 640 g/mol. The number of likely N-dealkylation sites (N-methyl/N-ethyl adjacent to an activating group) is 1. The van der Waals surface area contributed by atoms with Gasteiger partial charge in [-0.05, 0) is 48.6 Å². The van der Waals surface area contributed by atoms with E-state index in [1.54, 1.807) is 43.1 Å². The van der Waals surface area contributed by atoms with Crippen LogP contribution in [0, 0.1) is 0 Å². The van der Waals surface area contributed by atoms with E-state index in [1.807, 2.05) is 59.5 Å². The lowest BCUT2D eigenvalue weighted by Gasteiger charge is -2.31. The zero-order valence-corrected chi connectivity index (χ0v) is 26.7. The van der Waals surface area contributed by atoms with E-state index in [1.165, 1.54) is 0 Å².